The van der Waals surface area contributed by atoms with Crippen LogP contribution in [0.4, 0.5) is 5.82 Å². The molecule has 25 heavy (non-hydrogen) atoms. The highest BCUT2D eigenvalue weighted by atomic mass is 32.2. The maximum atomic E-state index is 10.4. The molecular formula is C14H15N7O3S. The minimum absolute atomic E-state index is 0.241. The normalized spacial score (nSPS) is 26.3. The molecule has 0 saturated carbocycles. The SMILES string of the molecule is Nc1ncnc2c1ncn2[C@@H]1O[C@H](CSc2ncccn2)[C@@H](O)[C@H]1O. The zero-order chi connectivity index (χ0) is 17.4. The Kier molecular flexibility index (Phi) is 4.21. The van der Waals surface area contributed by atoms with Gasteiger partial charge in [-0.05, 0) is 6.07 Å². The van der Waals surface area contributed by atoms with Gasteiger partial charge in [-0.15, -0.1) is 0 Å². The van der Waals surface area contributed by atoms with E-state index < -0.39 is 24.5 Å². The maximum Gasteiger partial charge on any atom is 0.187 e. The van der Waals surface area contributed by atoms with Crippen LogP contribution in [-0.2, 0) is 4.74 Å². The van der Waals surface area contributed by atoms with Crippen molar-refractivity contribution in [2.75, 3.05) is 11.5 Å². The fraction of sp³-hybridized carbons (Fsp3) is 0.357. The molecule has 0 radical (unpaired) electrons. The smallest absolute Gasteiger partial charge is 0.187 e. The standard InChI is InChI=1S/C14H15N7O3S/c15-11-8-12(19-5-18-11)21(6-20-8)13-10(23)9(22)7(24-13)4-25-14-16-2-1-3-17-14/h1-3,5-7,9-10,13,22-23H,4H2,(H2,15,18,19)/t7-,9-,10-,13-/m1/s1. The summed E-state index contributed by atoms with van der Waals surface area (Å²) >= 11 is 1.34. The molecule has 4 heterocycles. The fourth-order valence-corrected chi connectivity index (χ4v) is 3.53. The van der Waals surface area contributed by atoms with Gasteiger partial charge in [0.15, 0.2) is 22.8 Å². The summed E-state index contributed by atoms with van der Waals surface area (Å²) in [6.07, 6.45) is 2.46. The summed E-state index contributed by atoms with van der Waals surface area (Å²) in [5, 5.41) is 21.3. The van der Waals surface area contributed by atoms with Crippen molar-refractivity contribution in [1.29, 1.82) is 0 Å². The van der Waals surface area contributed by atoms with Gasteiger partial charge in [-0.25, -0.2) is 24.9 Å². The number of imidazole rings is 1. The summed E-state index contributed by atoms with van der Waals surface area (Å²) in [6, 6.07) is 1.72. The third kappa shape index (κ3) is 2.91. The van der Waals surface area contributed by atoms with Gasteiger partial charge in [0.1, 0.15) is 24.1 Å². The van der Waals surface area contributed by atoms with Crippen LogP contribution in [-0.4, -0.2) is 63.8 Å². The highest BCUT2D eigenvalue weighted by molar-refractivity contribution is 7.99. The van der Waals surface area contributed by atoms with Crippen molar-refractivity contribution in [3.63, 3.8) is 0 Å². The third-order valence-corrected chi connectivity index (χ3v) is 4.88. The Balaban J connectivity index is 1.54. The average molecular weight is 361 g/mol. The average Bonchev–Trinajstić information content (AvgIpc) is 3.18. The van der Waals surface area contributed by atoms with E-state index in [2.05, 4.69) is 24.9 Å². The molecule has 0 unspecified atom stereocenters. The van der Waals surface area contributed by atoms with E-state index in [9.17, 15) is 10.2 Å². The maximum absolute atomic E-state index is 10.4. The Labute approximate surface area is 146 Å². The van der Waals surface area contributed by atoms with Crippen LogP contribution >= 0.6 is 11.8 Å². The zero-order valence-corrected chi connectivity index (χ0v) is 13.7. The molecule has 130 valence electrons. The minimum Gasteiger partial charge on any atom is -0.387 e. The Bertz CT molecular complexity index is 877. The number of aliphatic hydroxyl groups is 2. The molecule has 3 aromatic heterocycles. The Hall–Kier alpha value is -2.34. The topological polar surface area (TPSA) is 145 Å². The Morgan fingerprint density at radius 1 is 1.12 bits per heavy atom. The lowest BCUT2D eigenvalue weighted by Gasteiger charge is -2.16. The van der Waals surface area contributed by atoms with Gasteiger partial charge in [-0.3, -0.25) is 4.57 Å². The first-order chi connectivity index (χ1) is 12.1. The van der Waals surface area contributed by atoms with Crippen molar-refractivity contribution in [2.45, 2.75) is 29.7 Å². The van der Waals surface area contributed by atoms with Crippen LogP contribution in [0.5, 0.6) is 0 Å². The molecule has 4 rings (SSSR count). The lowest BCUT2D eigenvalue weighted by molar-refractivity contribution is -0.0289. The number of nitrogens with two attached hydrogens (primary N) is 1. The van der Waals surface area contributed by atoms with Crippen molar-refractivity contribution in [2.24, 2.45) is 0 Å². The van der Waals surface area contributed by atoms with Gasteiger partial charge in [0, 0.05) is 18.1 Å². The number of hydrogen-bond donors (Lipinski definition) is 3. The first kappa shape index (κ1) is 16.1. The van der Waals surface area contributed by atoms with Gasteiger partial charge in [-0.2, -0.15) is 0 Å². The Morgan fingerprint density at radius 3 is 2.72 bits per heavy atom. The first-order valence-corrected chi connectivity index (χ1v) is 8.48. The molecule has 1 aliphatic heterocycles. The number of nitrogens with zero attached hydrogens (tertiary/aromatic N) is 6. The number of fused-ring (bicyclic) bond motifs is 1. The quantitative estimate of drug-likeness (QED) is 0.415. The van der Waals surface area contributed by atoms with Crippen molar-refractivity contribution in [1.82, 2.24) is 29.5 Å². The molecule has 1 saturated heterocycles. The first-order valence-electron chi connectivity index (χ1n) is 7.49. The molecule has 0 aromatic carbocycles. The van der Waals surface area contributed by atoms with Crippen molar-refractivity contribution in [3.05, 3.63) is 31.1 Å². The predicted octanol–water partition coefficient (Wildman–Crippen LogP) is -0.390. The monoisotopic (exact) mass is 361 g/mol. The summed E-state index contributed by atoms with van der Waals surface area (Å²) in [4.78, 5) is 20.4. The number of anilines is 1. The van der Waals surface area contributed by atoms with E-state index in [0.29, 0.717) is 22.1 Å². The minimum atomic E-state index is -1.13. The van der Waals surface area contributed by atoms with Crippen LogP contribution in [0.15, 0.2) is 36.3 Å². The number of nitrogen functional groups attached to an aromatic ring is 1. The molecule has 11 heteroatoms. The fourth-order valence-electron chi connectivity index (χ4n) is 2.67. The predicted molar refractivity (Wildman–Crippen MR) is 88.4 cm³/mol. The number of aliphatic hydroxyl groups excluding tert-OH is 2. The number of aromatic nitrogens is 6. The van der Waals surface area contributed by atoms with E-state index in [1.165, 1.54) is 24.4 Å². The van der Waals surface area contributed by atoms with E-state index in [1.54, 1.807) is 23.0 Å². The molecule has 0 aliphatic carbocycles. The molecule has 0 amide bonds. The summed E-state index contributed by atoms with van der Waals surface area (Å²) in [5.41, 5.74) is 6.63. The number of rotatable bonds is 4. The van der Waals surface area contributed by atoms with Crippen LogP contribution in [0.3, 0.4) is 0 Å². The summed E-state index contributed by atoms with van der Waals surface area (Å²) in [7, 11) is 0. The second-order valence-corrected chi connectivity index (χ2v) is 6.46. The molecular weight excluding hydrogens is 346 g/mol. The van der Waals surface area contributed by atoms with E-state index in [0.717, 1.165) is 0 Å². The number of hydrogen-bond acceptors (Lipinski definition) is 10. The lowest BCUT2D eigenvalue weighted by Crippen LogP contribution is -2.32. The van der Waals surface area contributed by atoms with Gasteiger partial charge >= 0.3 is 0 Å². The summed E-state index contributed by atoms with van der Waals surface area (Å²) in [5.74, 6) is 0.632. The largest absolute Gasteiger partial charge is 0.387 e. The van der Waals surface area contributed by atoms with Crippen molar-refractivity contribution in [3.8, 4) is 0 Å². The molecule has 0 spiro atoms. The highest BCUT2D eigenvalue weighted by Gasteiger charge is 2.44. The van der Waals surface area contributed by atoms with Crippen molar-refractivity contribution < 1.29 is 14.9 Å². The molecule has 1 aliphatic rings. The van der Waals surface area contributed by atoms with Gasteiger partial charge in [-0.1, -0.05) is 11.8 Å². The van der Waals surface area contributed by atoms with Crippen molar-refractivity contribution >= 4 is 28.7 Å². The van der Waals surface area contributed by atoms with Crippen LogP contribution < -0.4 is 5.73 Å². The number of thioether (sulfide) groups is 1. The summed E-state index contributed by atoms with van der Waals surface area (Å²) < 4.78 is 7.39. The highest BCUT2D eigenvalue weighted by Crippen LogP contribution is 2.33. The summed E-state index contributed by atoms with van der Waals surface area (Å²) in [6.45, 7) is 0. The second-order valence-electron chi connectivity index (χ2n) is 5.47. The van der Waals surface area contributed by atoms with E-state index in [1.807, 2.05) is 0 Å². The number of ether oxygens (including phenoxy) is 1. The van der Waals surface area contributed by atoms with Gasteiger partial charge < -0.3 is 20.7 Å². The van der Waals surface area contributed by atoms with Crippen LogP contribution in [0.2, 0.25) is 0 Å². The lowest BCUT2D eigenvalue weighted by atomic mass is 10.1. The molecule has 1 fully saturated rings. The molecule has 4 atom stereocenters. The molecule has 3 aromatic rings. The van der Waals surface area contributed by atoms with E-state index in [4.69, 9.17) is 10.5 Å². The van der Waals surface area contributed by atoms with Gasteiger partial charge in [0.25, 0.3) is 0 Å². The molecule has 4 N–H and O–H groups in total. The molecule has 0 bridgehead atoms. The Morgan fingerprint density at radius 2 is 1.92 bits per heavy atom. The van der Waals surface area contributed by atoms with Crippen LogP contribution in [0.1, 0.15) is 6.23 Å². The van der Waals surface area contributed by atoms with Gasteiger partial charge in [0.2, 0.25) is 0 Å². The molecule has 10 nitrogen and oxygen atoms in total. The van der Waals surface area contributed by atoms with Crippen LogP contribution in [0.25, 0.3) is 11.2 Å². The van der Waals surface area contributed by atoms with Crippen LogP contribution in [0, 0.1) is 0 Å². The van der Waals surface area contributed by atoms with E-state index in [-0.39, 0.29) is 5.82 Å². The van der Waals surface area contributed by atoms with E-state index >= 15 is 0 Å². The second kappa shape index (κ2) is 6.52. The van der Waals surface area contributed by atoms with Gasteiger partial charge in [0.05, 0.1) is 12.4 Å². The zero-order valence-electron chi connectivity index (χ0n) is 12.9. The third-order valence-electron chi connectivity index (χ3n) is 3.92.